The van der Waals surface area contributed by atoms with Crippen molar-refractivity contribution in [2.24, 2.45) is 0 Å². The van der Waals surface area contributed by atoms with Gasteiger partial charge in [-0.05, 0) is 63.1 Å². The fourth-order valence-corrected chi connectivity index (χ4v) is 5.42. The van der Waals surface area contributed by atoms with Crippen molar-refractivity contribution in [3.8, 4) is 5.75 Å². The van der Waals surface area contributed by atoms with E-state index in [0.717, 1.165) is 12.4 Å². The van der Waals surface area contributed by atoms with E-state index in [-0.39, 0.29) is 0 Å². The predicted molar refractivity (Wildman–Crippen MR) is 157 cm³/mol. The van der Waals surface area contributed by atoms with Crippen LogP contribution in [0, 0.1) is 6.92 Å². The Morgan fingerprint density at radius 3 is 1.40 bits per heavy atom. The molecule has 1 aromatic carbocycles. The molecule has 0 spiro atoms. The Bertz CT molecular complexity index is 543. The highest BCUT2D eigenvalue weighted by molar-refractivity contribution is 5.27. The molecule has 0 aliphatic heterocycles. The first kappa shape index (κ1) is 32.0. The zero-order valence-corrected chi connectivity index (χ0v) is 24.4. The molecule has 0 N–H and O–H groups in total. The number of benzene rings is 1. The normalized spacial score (nSPS) is 11.8. The van der Waals surface area contributed by atoms with E-state index in [9.17, 15) is 0 Å². The number of unbranched alkanes of at least 4 members (excludes halogenated alkanes) is 15. The van der Waals surface area contributed by atoms with Gasteiger partial charge in [-0.1, -0.05) is 110 Å². The Labute approximate surface area is 220 Å². The van der Waals surface area contributed by atoms with Gasteiger partial charge in [-0.25, -0.2) is 0 Å². The molecule has 0 aliphatic carbocycles. The average molecular weight is 489 g/mol. The molecule has 0 amide bonds. The van der Waals surface area contributed by atoms with Crippen LogP contribution < -0.4 is 4.74 Å². The highest BCUT2D eigenvalue weighted by Gasteiger charge is 2.26. The minimum Gasteiger partial charge on any atom is -0.488 e. The second kappa shape index (κ2) is 22.2. The fraction of sp³-hybridized carbons (Fsp3) is 0.818. The second-order valence-electron chi connectivity index (χ2n) is 11.2. The average Bonchev–Trinajstić information content (AvgIpc) is 2.85. The van der Waals surface area contributed by atoms with Gasteiger partial charge in [0.2, 0.25) is 0 Å². The Balaban J connectivity index is 2.71. The first-order valence-electron chi connectivity index (χ1n) is 15.7. The quantitative estimate of drug-likeness (QED) is 0.0982. The van der Waals surface area contributed by atoms with Crippen LogP contribution in [0.15, 0.2) is 24.3 Å². The van der Waals surface area contributed by atoms with Crippen LogP contribution in [0.2, 0.25) is 0 Å². The number of aryl methyl sites for hydroxylation is 1. The molecule has 0 radical (unpaired) electrons. The topological polar surface area (TPSA) is 9.23 Å². The van der Waals surface area contributed by atoms with Crippen LogP contribution in [0.1, 0.15) is 142 Å². The molecule has 2 nitrogen and oxygen atoms in total. The van der Waals surface area contributed by atoms with E-state index in [4.69, 9.17) is 4.74 Å². The molecule has 0 fully saturated rings. The molecule has 0 aromatic heterocycles. The summed E-state index contributed by atoms with van der Waals surface area (Å²) in [6, 6.07) is 8.58. The first-order chi connectivity index (χ1) is 17.2. The van der Waals surface area contributed by atoms with Crippen molar-refractivity contribution in [2.45, 2.75) is 143 Å². The van der Waals surface area contributed by atoms with Gasteiger partial charge in [0.05, 0.1) is 19.6 Å². The lowest BCUT2D eigenvalue weighted by molar-refractivity contribution is -0.928. The van der Waals surface area contributed by atoms with Gasteiger partial charge in [-0.15, -0.1) is 0 Å². The molecule has 0 unspecified atom stereocenters. The summed E-state index contributed by atoms with van der Waals surface area (Å²) in [6.45, 7) is 15.2. The summed E-state index contributed by atoms with van der Waals surface area (Å²) >= 11 is 0. The van der Waals surface area contributed by atoms with Gasteiger partial charge in [-0.2, -0.15) is 0 Å². The lowest BCUT2D eigenvalue weighted by Crippen LogP contribution is -2.52. The number of nitrogens with zero attached hydrogens (tertiary/aromatic N) is 1. The van der Waals surface area contributed by atoms with Crippen LogP contribution >= 0.6 is 0 Å². The summed E-state index contributed by atoms with van der Waals surface area (Å²) in [5, 5.41) is 0. The first-order valence-corrected chi connectivity index (χ1v) is 15.7. The molecular weight excluding hydrogens is 426 g/mol. The minimum atomic E-state index is 0.852. The van der Waals surface area contributed by atoms with Crippen LogP contribution in [0.5, 0.6) is 5.75 Å². The van der Waals surface area contributed by atoms with Crippen molar-refractivity contribution < 1.29 is 9.22 Å². The maximum Gasteiger partial charge on any atom is 0.137 e. The SMILES string of the molecule is CCCCCCCC[N+](CCCCCCCC)(CCCCCCCC)CCOc1cccc(C)c1. The van der Waals surface area contributed by atoms with Gasteiger partial charge in [-0.3, -0.25) is 0 Å². The van der Waals surface area contributed by atoms with E-state index in [2.05, 4.69) is 52.0 Å². The molecule has 0 bridgehead atoms. The lowest BCUT2D eigenvalue weighted by Gasteiger charge is -2.39. The highest BCUT2D eigenvalue weighted by Crippen LogP contribution is 2.20. The summed E-state index contributed by atoms with van der Waals surface area (Å²) in [7, 11) is 0. The largest absolute Gasteiger partial charge is 0.488 e. The molecule has 204 valence electrons. The van der Waals surface area contributed by atoms with Crippen molar-refractivity contribution in [3.05, 3.63) is 29.8 Å². The second-order valence-corrected chi connectivity index (χ2v) is 11.2. The number of ether oxygens (including phenoxy) is 1. The Kier molecular flexibility index (Phi) is 20.3. The van der Waals surface area contributed by atoms with E-state index < -0.39 is 0 Å². The van der Waals surface area contributed by atoms with E-state index >= 15 is 0 Å². The van der Waals surface area contributed by atoms with Crippen LogP contribution in [0.4, 0.5) is 0 Å². The van der Waals surface area contributed by atoms with Gasteiger partial charge < -0.3 is 9.22 Å². The molecule has 0 atom stereocenters. The molecule has 1 rings (SSSR count). The molecule has 0 saturated carbocycles. The third kappa shape index (κ3) is 17.1. The Hall–Kier alpha value is -1.02. The summed E-state index contributed by atoms with van der Waals surface area (Å²) in [4.78, 5) is 0. The van der Waals surface area contributed by atoms with Crippen LogP contribution in [-0.4, -0.2) is 37.3 Å². The van der Waals surface area contributed by atoms with Gasteiger partial charge >= 0.3 is 0 Å². The van der Waals surface area contributed by atoms with Crippen molar-refractivity contribution in [2.75, 3.05) is 32.8 Å². The third-order valence-corrected chi connectivity index (χ3v) is 7.78. The van der Waals surface area contributed by atoms with E-state index in [1.807, 2.05) is 0 Å². The van der Waals surface area contributed by atoms with E-state index in [0.29, 0.717) is 0 Å². The predicted octanol–water partition coefficient (Wildman–Crippen LogP) is 10.3. The number of quaternary nitrogens is 1. The minimum absolute atomic E-state index is 0.852. The summed E-state index contributed by atoms with van der Waals surface area (Å²) in [5.74, 6) is 1.04. The molecule has 0 aliphatic rings. The van der Waals surface area contributed by atoms with Crippen LogP contribution in [0.3, 0.4) is 0 Å². The van der Waals surface area contributed by atoms with Crippen LogP contribution in [0.25, 0.3) is 0 Å². The van der Waals surface area contributed by atoms with Gasteiger partial charge in [0.25, 0.3) is 0 Å². The summed E-state index contributed by atoms with van der Waals surface area (Å²) < 4.78 is 7.60. The third-order valence-electron chi connectivity index (χ3n) is 7.78. The van der Waals surface area contributed by atoms with Gasteiger partial charge in [0.15, 0.2) is 0 Å². The van der Waals surface area contributed by atoms with Crippen LogP contribution in [-0.2, 0) is 0 Å². The fourth-order valence-electron chi connectivity index (χ4n) is 5.42. The Morgan fingerprint density at radius 1 is 0.543 bits per heavy atom. The van der Waals surface area contributed by atoms with E-state index in [1.54, 1.807) is 0 Å². The number of rotatable bonds is 25. The van der Waals surface area contributed by atoms with Crippen molar-refractivity contribution in [3.63, 3.8) is 0 Å². The monoisotopic (exact) mass is 488 g/mol. The molecule has 0 heterocycles. The molecular formula is C33H62NO+. The maximum absolute atomic E-state index is 6.30. The zero-order valence-electron chi connectivity index (χ0n) is 24.4. The molecule has 0 saturated heterocycles. The molecule has 1 aromatic rings. The smallest absolute Gasteiger partial charge is 0.137 e. The molecule has 35 heavy (non-hydrogen) atoms. The van der Waals surface area contributed by atoms with Crippen molar-refractivity contribution in [1.29, 1.82) is 0 Å². The van der Waals surface area contributed by atoms with Crippen molar-refractivity contribution >= 4 is 0 Å². The Morgan fingerprint density at radius 2 is 0.971 bits per heavy atom. The standard InChI is InChI=1S/C33H62NO/c1-5-8-11-14-17-20-26-34(27-21-18-15-12-9-6-2,28-22-19-16-13-10-7-3)29-30-35-33-25-23-24-32(4)31-33/h23-25,31H,5-22,26-30H2,1-4H3/q+1. The zero-order chi connectivity index (χ0) is 25.5. The molecule has 2 heteroatoms. The number of hydrogen-bond donors (Lipinski definition) is 0. The summed E-state index contributed by atoms with van der Waals surface area (Å²) in [5.41, 5.74) is 1.29. The highest BCUT2D eigenvalue weighted by atomic mass is 16.5. The lowest BCUT2D eigenvalue weighted by atomic mass is 10.1. The van der Waals surface area contributed by atoms with Crippen molar-refractivity contribution in [1.82, 2.24) is 0 Å². The van der Waals surface area contributed by atoms with E-state index in [1.165, 1.54) is 152 Å². The number of hydrogen-bond acceptors (Lipinski definition) is 1. The van der Waals surface area contributed by atoms with Gasteiger partial charge in [0.1, 0.15) is 18.9 Å². The summed E-state index contributed by atoms with van der Waals surface area (Å²) in [6.07, 6.45) is 25.1. The maximum atomic E-state index is 6.30. The van der Waals surface area contributed by atoms with Gasteiger partial charge in [0, 0.05) is 0 Å².